The fourth-order valence-electron chi connectivity index (χ4n) is 1.33. The van der Waals surface area contributed by atoms with Gasteiger partial charge in [0.2, 0.25) is 5.95 Å². The molecule has 2 rings (SSSR count). The van der Waals surface area contributed by atoms with Crippen molar-refractivity contribution in [3.05, 3.63) is 46.1 Å². The standard InChI is InChI=1S/C12H11Cl2N3S/c1-15-12-16-6-10(14)11(17-12)18-7-8-4-2-3-5-9(8)13/h2-6H,7H2,1H3,(H,15,16,17). The molecule has 0 saturated heterocycles. The van der Waals surface area contributed by atoms with Crippen LogP contribution in [0.4, 0.5) is 5.95 Å². The average molecular weight is 300 g/mol. The van der Waals surface area contributed by atoms with Crippen LogP contribution in [0, 0.1) is 0 Å². The van der Waals surface area contributed by atoms with E-state index in [1.54, 1.807) is 13.2 Å². The molecule has 0 bridgehead atoms. The molecule has 0 atom stereocenters. The van der Waals surface area contributed by atoms with Gasteiger partial charge in [0.1, 0.15) is 5.03 Å². The lowest BCUT2D eigenvalue weighted by Crippen LogP contribution is -1.97. The summed E-state index contributed by atoms with van der Waals surface area (Å²) in [6.07, 6.45) is 1.59. The Morgan fingerprint density at radius 3 is 2.72 bits per heavy atom. The Balaban J connectivity index is 2.13. The minimum atomic E-state index is 0.547. The van der Waals surface area contributed by atoms with Crippen molar-refractivity contribution in [2.45, 2.75) is 10.8 Å². The van der Waals surface area contributed by atoms with E-state index in [9.17, 15) is 0 Å². The molecule has 1 aromatic carbocycles. The summed E-state index contributed by atoms with van der Waals surface area (Å²) in [5, 5.41) is 4.93. The molecule has 3 nitrogen and oxygen atoms in total. The highest BCUT2D eigenvalue weighted by Crippen LogP contribution is 2.30. The van der Waals surface area contributed by atoms with Crippen molar-refractivity contribution < 1.29 is 0 Å². The van der Waals surface area contributed by atoms with Gasteiger partial charge in [0.05, 0.1) is 11.2 Å². The first-order chi connectivity index (χ1) is 8.70. The van der Waals surface area contributed by atoms with Gasteiger partial charge in [-0.25, -0.2) is 9.97 Å². The smallest absolute Gasteiger partial charge is 0.223 e. The molecule has 0 aliphatic carbocycles. The van der Waals surface area contributed by atoms with Gasteiger partial charge in [0.25, 0.3) is 0 Å². The highest BCUT2D eigenvalue weighted by molar-refractivity contribution is 7.98. The Morgan fingerprint density at radius 1 is 1.22 bits per heavy atom. The van der Waals surface area contributed by atoms with Crippen molar-refractivity contribution in [3.63, 3.8) is 0 Å². The van der Waals surface area contributed by atoms with Crippen molar-refractivity contribution in [1.29, 1.82) is 0 Å². The first-order valence-corrected chi connectivity index (χ1v) is 7.01. The Hall–Kier alpha value is -0.970. The van der Waals surface area contributed by atoms with Crippen LogP contribution in [0.1, 0.15) is 5.56 Å². The number of rotatable bonds is 4. The van der Waals surface area contributed by atoms with E-state index in [1.165, 1.54) is 11.8 Å². The molecule has 1 heterocycles. The average Bonchev–Trinajstić information content (AvgIpc) is 2.39. The third-order valence-corrected chi connectivity index (χ3v) is 4.06. The number of anilines is 1. The van der Waals surface area contributed by atoms with Crippen LogP contribution in [0.5, 0.6) is 0 Å². The van der Waals surface area contributed by atoms with Gasteiger partial charge in [0.15, 0.2) is 0 Å². The Morgan fingerprint density at radius 2 is 2.00 bits per heavy atom. The van der Waals surface area contributed by atoms with E-state index in [0.29, 0.717) is 11.0 Å². The summed E-state index contributed by atoms with van der Waals surface area (Å²) in [5.41, 5.74) is 1.06. The molecule has 6 heteroatoms. The lowest BCUT2D eigenvalue weighted by Gasteiger charge is -2.06. The minimum absolute atomic E-state index is 0.547. The molecular formula is C12H11Cl2N3S. The van der Waals surface area contributed by atoms with E-state index >= 15 is 0 Å². The monoisotopic (exact) mass is 299 g/mol. The number of hydrogen-bond donors (Lipinski definition) is 1. The first-order valence-electron chi connectivity index (χ1n) is 5.27. The summed E-state index contributed by atoms with van der Waals surface area (Å²) in [7, 11) is 1.77. The molecule has 0 radical (unpaired) electrons. The lowest BCUT2D eigenvalue weighted by molar-refractivity contribution is 1.04. The van der Waals surface area contributed by atoms with Gasteiger partial charge in [-0.3, -0.25) is 0 Å². The molecular weight excluding hydrogens is 289 g/mol. The third kappa shape index (κ3) is 3.28. The van der Waals surface area contributed by atoms with Crippen LogP contribution < -0.4 is 5.32 Å². The summed E-state index contributed by atoms with van der Waals surface area (Å²) in [4.78, 5) is 8.34. The summed E-state index contributed by atoms with van der Waals surface area (Å²) < 4.78 is 0. The number of aromatic nitrogens is 2. The van der Waals surface area contributed by atoms with Crippen LogP contribution in [0.15, 0.2) is 35.5 Å². The summed E-state index contributed by atoms with van der Waals surface area (Å²) in [6.45, 7) is 0. The number of benzene rings is 1. The number of nitrogens with zero attached hydrogens (tertiary/aromatic N) is 2. The van der Waals surface area contributed by atoms with Gasteiger partial charge >= 0.3 is 0 Å². The normalized spacial score (nSPS) is 10.4. The molecule has 0 saturated carbocycles. The van der Waals surface area contributed by atoms with Crippen molar-refractivity contribution in [1.82, 2.24) is 9.97 Å². The number of nitrogens with one attached hydrogen (secondary N) is 1. The van der Waals surface area contributed by atoms with E-state index in [-0.39, 0.29) is 0 Å². The molecule has 0 unspecified atom stereocenters. The molecule has 1 N–H and O–H groups in total. The van der Waals surface area contributed by atoms with Gasteiger partial charge in [-0.05, 0) is 11.6 Å². The second-order valence-electron chi connectivity index (χ2n) is 3.48. The van der Waals surface area contributed by atoms with Gasteiger partial charge < -0.3 is 5.32 Å². The largest absolute Gasteiger partial charge is 0.357 e. The fourth-order valence-corrected chi connectivity index (χ4v) is 2.76. The van der Waals surface area contributed by atoms with Gasteiger partial charge in [-0.2, -0.15) is 0 Å². The highest BCUT2D eigenvalue weighted by Gasteiger charge is 2.07. The summed E-state index contributed by atoms with van der Waals surface area (Å²) >= 11 is 13.7. The third-order valence-electron chi connectivity index (χ3n) is 2.26. The second-order valence-corrected chi connectivity index (χ2v) is 5.26. The zero-order valence-corrected chi connectivity index (χ0v) is 12.0. The van der Waals surface area contributed by atoms with E-state index in [1.807, 2.05) is 24.3 Å². The van der Waals surface area contributed by atoms with E-state index in [0.717, 1.165) is 21.4 Å². The zero-order chi connectivity index (χ0) is 13.0. The zero-order valence-electron chi connectivity index (χ0n) is 9.65. The Kier molecular flexibility index (Phi) is 4.69. The molecule has 0 amide bonds. The van der Waals surface area contributed by atoms with Crippen LogP contribution in [-0.4, -0.2) is 17.0 Å². The Bertz CT molecular complexity index is 549. The maximum atomic E-state index is 6.10. The molecule has 0 aliphatic rings. The molecule has 1 aromatic heterocycles. The fraction of sp³-hybridized carbons (Fsp3) is 0.167. The predicted molar refractivity (Wildman–Crippen MR) is 77.6 cm³/mol. The number of halogens is 2. The highest BCUT2D eigenvalue weighted by atomic mass is 35.5. The van der Waals surface area contributed by atoms with Gasteiger partial charge in [-0.15, -0.1) is 0 Å². The SMILES string of the molecule is CNc1ncc(Cl)c(SCc2ccccc2Cl)n1. The van der Waals surface area contributed by atoms with Crippen LogP contribution >= 0.6 is 35.0 Å². The lowest BCUT2D eigenvalue weighted by atomic mass is 10.2. The maximum Gasteiger partial charge on any atom is 0.223 e. The van der Waals surface area contributed by atoms with E-state index in [4.69, 9.17) is 23.2 Å². The minimum Gasteiger partial charge on any atom is -0.357 e. The molecule has 0 fully saturated rings. The number of hydrogen-bond acceptors (Lipinski definition) is 4. The number of thioether (sulfide) groups is 1. The first kappa shape index (κ1) is 13.5. The van der Waals surface area contributed by atoms with Crippen molar-refractivity contribution in [2.24, 2.45) is 0 Å². The van der Waals surface area contributed by atoms with Crippen LogP contribution in [-0.2, 0) is 5.75 Å². The molecule has 18 heavy (non-hydrogen) atoms. The summed E-state index contributed by atoms with van der Waals surface area (Å²) in [5.74, 6) is 1.28. The van der Waals surface area contributed by atoms with E-state index in [2.05, 4.69) is 15.3 Å². The van der Waals surface area contributed by atoms with Crippen molar-refractivity contribution >= 4 is 40.9 Å². The van der Waals surface area contributed by atoms with Gasteiger partial charge in [-0.1, -0.05) is 53.2 Å². The van der Waals surface area contributed by atoms with Crippen LogP contribution in [0.25, 0.3) is 0 Å². The van der Waals surface area contributed by atoms with Crippen molar-refractivity contribution in [2.75, 3.05) is 12.4 Å². The summed E-state index contributed by atoms with van der Waals surface area (Å²) in [6, 6.07) is 7.73. The van der Waals surface area contributed by atoms with Crippen molar-refractivity contribution in [3.8, 4) is 0 Å². The molecule has 0 spiro atoms. The molecule has 0 aliphatic heterocycles. The molecule has 2 aromatic rings. The van der Waals surface area contributed by atoms with Gasteiger partial charge in [0, 0.05) is 17.8 Å². The van der Waals surface area contributed by atoms with Crippen LogP contribution in [0.3, 0.4) is 0 Å². The maximum absolute atomic E-state index is 6.10. The topological polar surface area (TPSA) is 37.8 Å². The predicted octanol–water partition coefficient (Wildman–Crippen LogP) is 4.12. The van der Waals surface area contributed by atoms with E-state index < -0.39 is 0 Å². The Labute approximate surface area is 120 Å². The molecule has 94 valence electrons. The van der Waals surface area contributed by atoms with Crippen LogP contribution in [0.2, 0.25) is 10.0 Å². The second kappa shape index (κ2) is 6.27. The quantitative estimate of drug-likeness (QED) is 0.681.